The highest BCUT2D eigenvalue weighted by Gasteiger charge is 2.29. The van der Waals surface area contributed by atoms with Crippen LogP contribution in [0.15, 0.2) is 0 Å². The number of aliphatic hydroxyl groups is 8. The van der Waals surface area contributed by atoms with Gasteiger partial charge in [-0.25, -0.2) is 9.59 Å². The lowest BCUT2D eigenvalue weighted by atomic mass is 9.90. The lowest BCUT2D eigenvalue weighted by Crippen LogP contribution is -2.37. The predicted molar refractivity (Wildman–Crippen MR) is 247 cm³/mol. The molecule has 66 heavy (non-hydrogen) atoms. The standard InChI is InChI=1S/C38H56N6O16.3C2H6/c1-17-27(33(53)39-9-23(49)13-45)19(3)31(20(4)28(17)34(54)40-10-24(50)14-46)43-37(57)59-7-8-60-38(58)44-32-21(5)29(35(55)41-11-25(51)15-47)18(2)30(22(32)6)36(56)42-12-26(52)16-48;3*1-2/h23-26,45-52H,7-16H2,1-6H3,(H,39,53)(H,40,54)(H,41,55)(H,42,56)(H,43,57)(H,44,58);3*1-2H3. The van der Waals surface area contributed by atoms with Crippen molar-refractivity contribution in [3.63, 3.8) is 0 Å². The summed E-state index contributed by atoms with van der Waals surface area (Å²) in [5.41, 5.74) is 0.901. The SMILES string of the molecule is CC.CC.CC.Cc1c(NC(=O)OCCOC(=O)Nc2c(C)c(C(=O)NCC(O)CO)c(C)c(C(=O)NCC(O)CO)c2C)c(C)c(C(=O)NCC(O)CO)c(C)c1C(=O)NCC(O)CO. The Morgan fingerprint density at radius 2 is 0.591 bits per heavy atom. The highest BCUT2D eigenvalue weighted by atomic mass is 16.6. The number of carbonyl (C=O) groups excluding carboxylic acids is 6. The Kier molecular flexibility index (Phi) is 31.4. The van der Waals surface area contributed by atoms with E-state index in [1.54, 1.807) is 0 Å². The highest BCUT2D eigenvalue weighted by molar-refractivity contribution is 6.08. The van der Waals surface area contributed by atoms with Gasteiger partial charge in [0.25, 0.3) is 23.6 Å². The van der Waals surface area contributed by atoms with Crippen LogP contribution in [0.4, 0.5) is 21.0 Å². The Hall–Kier alpha value is -5.46. The third kappa shape index (κ3) is 18.8. The summed E-state index contributed by atoms with van der Waals surface area (Å²) in [6, 6.07) is 0. The number of nitrogens with one attached hydrogen (secondary N) is 6. The van der Waals surface area contributed by atoms with Crippen molar-refractivity contribution in [2.24, 2.45) is 0 Å². The first kappa shape index (κ1) is 62.6. The van der Waals surface area contributed by atoms with Gasteiger partial charge in [0, 0.05) is 48.4 Å². The first-order valence-electron chi connectivity index (χ1n) is 21.7. The van der Waals surface area contributed by atoms with Crippen molar-refractivity contribution < 1.29 is 79.1 Å². The molecule has 4 atom stereocenters. The van der Waals surface area contributed by atoms with E-state index in [-0.39, 0.29) is 93.2 Å². The van der Waals surface area contributed by atoms with Gasteiger partial charge in [-0.1, -0.05) is 41.5 Å². The molecule has 4 unspecified atom stereocenters. The molecule has 2 aromatic rings. The van der Waals surface area contributed by atoms with Gasteiger partial charge in [0.2, 0.25) is 0 Å². The van der Waals surface area contributed by atoms with Crippen LogP contribution in [-0.2, 0) is 9.47 Å². The minimum atomic E-state index is -1.28. The zero-order valence-electron chi connectivity index (χ0n) is 40.2. The van der Waals surface area contributed by atoms with E-state index in [1.165, 1.54) is 41.5 Å². The summed E-state index contributed by atoms with van der Waals surface area (Å²) >= 11 is 0. The van der Waals surface area contributed by atoms with Crippen LogP contribution in [0.5, 0.6) is 0 Å². The van der Waals surface area contributed by atoms with Crippen molar-refractivity contribution >= 4 is 47.2 Å². The van der Waals surface area contributed by atoms with Crippen molar-refractivity contribution in [3.8, 4) is 0 Å². The molecule has 0 bridgehead atoms. The molecule has 0 heterocycles. The van der Waals surface area contributed by atoms with E-state index in [1.807, 2.05) is 41.5 Å². The van der Waals surface area contributed by atoms with Crippen molar-refractivity contribution in [1.29, 1.82) is 0 Å². The van der Waals surface area contributed by atoms with Gasteiger partial charge in [0.05, 0.1) is 62.2 Å². The van der Waals surface area contributed by atoms with E-state index < -0.39 is 99.9 Å². The molecular formula is C44H74N6O16. The van der Waals surface area contributed by atoms with Crippen LogP contribution in [-0.4, -0.2) is 167 Å². The number of amides is 6. The minimum absolute atomic E-state index is 0.00767. The summed E-state index contributed by atoms with van der Waals surface area (Å²) in [5, 5.41) is 90.4. The summed E-state index contributed by atoms with van der Waals surface area (Å²) in [5.74, 6) is -3.01. The molecule has 0 spiro atoms. The van der Waals surface area contributed by atoms with Crippen LogP contribution in [0.3, 0.4) is 0 Å². The van der Waals surface area contributed by atoms with Crippen LogP contribution in [0, 0.1) is 41.5 Å². The summed E-state index contributed by atoms with van der Waals surface area (Å²) in [7, 11) is 0. The largest absolute Gasteiger partial charge is 0.446 e. The molecule has 0 saturated carbocycles. The van der Waals surface area contributed by atoms with E-state index in [4.69, 9.17) is 29.9 Å². The van der Waals surface area contributed by atoms with Crippen LogP contribution in [0.2, 0.25) is 0 Å². The van der Waals surface area contributed by atoms with Crippen LogP contribution >= 0.6 is 0 Å². The second-order valence-electron chi connectivity index (χ2n) is 13.7. The van der Waals surface area contributed by atoms with E-state index in [9.17, 15) is 49.2 Å². The van der Waals surface area contributed by atoms with Gasteiger partial charge in [0.1, 0.15) is 13.2 Å². The van der Waals surface area contributed by atoms with Crippen molar-refractivity contribution in [2.45, 2.75) is 108 Å². The molecular weight excluding hydrogens is 869 g/mol. The fourth-order valence-corrected chi connectivity index (χ4v) is 6.17. The van der Waals surface area contributed by atoms with Gasteiger partial charge < -0.3 is 71.6 Å². The summed E-state index contributed by atoms with van der Waals surface area (Å²) in [6.07, 6.45) is -7.31. The zero-order chi connectivity index (χ0) is 51.4. The van der Waals surface area contributed by atoms with Gasteiger partial charge in [-0.05, 0) is 74.9 Å². The molecule has 0 aliphatic carbocycles. The monoisotopic (exact) mass is 943 g/mol. The van der Waals surface area contributed by atoms with Crippen LogP contribution < -0.4 is 31.9 Å². The van der Waals surface area contributed by atoms with E-state index >= 15 is 0 Å². The number of ether oxygens (including phenoxy) is 2. The first-order chi connectivity index (χ1) is 31.2. The maximum Gasteiger partial charge on any atom is 0.411 e. The van der Waals surface area contributed by atoms with E-state index in [0.29, 0.717) is 0 Å². The normalized spacial score (nSPS) is 12.1. The molecule has 0 saturated heterocycles. The number of hydrogen-bond donors (Lipinski definition) is 14. The molecule has 0 aromatic heterocycles. The van der Waals surface area contributed by atoms with Gasteiger partial charge in [-0.3, -0.25) is 29.8 Å². The predicted octanol–water partition coefficient (Wildman–Crippen LogP) is 0.745. The second-order valence-corrected chi connectivity index (χ2v) is 13.7. The molecule has 2 rings (SSSR count). The Morgan fingerprint density at radius 3 is 0.773 bits per heavy atom. The molecule has 6 amide bonds. The third-order valence-electron chi connectivity index (χ3n) is 9.25. The summed E-state index contributed by atoms with van der Waals surface area (Å²) < 4.78 is 10.4. The van der Waals surface area contributed by atoms with Crippen molar-refractivity contribution in [2.75, 3.05) is 76.5 Å². The molecule has 2 aromatic carbocycles. The van der Waals surface area contributed by atoms with Gasteiger partial charge >= 0.3 is 12.2 Å². The van der Waals surface area contributed by atoms with Gasteiger partial charge in [0.15, 0.2) is 0 Å². The maximum absolute atomic E-state index is 13.3. The first-order valence-corrected chi connectivity index (χ1v) is 21.7. The molecule has 0 aliphatic rings. The second kappa shape index (κ2) is 33.1. The summed E-state index contributed by atoms with van der Waals surface area (Å²) in [4.78, 5) is 79.1. The molecule has 22 heteroatoms. The third-order valence-corrected chi connectivity index (χ3v) is 9.25. The Bertz CT molecular complexity index is 1650. The number of carbonyl (C=O) groups is 6. The molecule has 0 fully saturated rings. The van der Waals surface area contributed by atoms with Crippen molar-refractivity contribution in [1.82, 2.24) is 21.3 Å². The van der Waals surface area contributed by atoms with E-state index in [2.05, 4.69) is 31.9 Å². The number of aliphatic hydroxyl groups excluding tert-OH is 8. The lowest BCUT2D eigenvalue weighted by molar-refractivity contribution is 0.0792. The Morgan fingerprint density at radius 1 is 0.394 bits per heavy atom. The molecule has 14 N–H and O–H groups in total. The number of hydrogen-bond acceptors (Lipinski definition) is 16. The van der Waals surface area contributed by atoms with Crippen LogP contribution in [0.25, 0.3) is 0 Å². The molecule has 376 valence electrons. The van der Waals surface area contributed by atoms with Gasteiger partial charge in [-0.15, -0.1) is 0 Å². The number of rotatable bonds is 21. The molecule has 0 aliphatic heterocycles. The quantitative estimate of drug-likeness (QED) is 0.0768. The van der Waals surface area contributed by atoms with Crippen LogP contribution in [0.1, 0.15) is 116 Å². The minimum Gasteiger partial charge on any atom is -0.446 e. The molecule has 0 radical (unpaired) electrons. The summed E-state index contributed by atoms with van der Waals surface area (Å²) in [6.45, 7) is 15.9. The van der Waals surface area contributed by atoms with E-state index in [0.717, 1.165) is 0 Å². The highest BCUT2D eigenvalue weighted by Crippen LogP contribution is 2.33. The average molecular weight is 943 g/mol. The number of benzene rings is 2. The Labute approximate surface area is 386 Å². The smallest absolute Gasteiger partial charge is 0.411 e. The zero-order valence-corrected chi connectivity index (χ0v) is 40.2. The topological polar surface area (TPSA) is 355 Å². The Balaban J connectivity index is 0. The lowest BCUT2D eigenvalue weighted by Gasteiger charge is -2.23. The fraction of sp³-hybridized carbons (Fsp3) is 0.591. The van der Waals surface area contributed by atoms with Gasteiger partial charge in [-0.2, -0.15) is 0 Å². The fourth-order valence-electron chi connectivity index (χ4n) is 6.17. The van der Waals surface area contributed by atoms with Crippen molar-refractivity contribution in [3.05, 3.63) is 55.6 Å². The maximum atomic E-state index is 13.3. The molecule has 22 nitrogen and oxygen atoms in total. The number of anilines is 2. The average Bonchev–Trinajstić information content (AvgIpc) is 3.31.